The molecule has 2 aromatic carbocycles. The van der Waals surface area contributed by atoms with Gasteiger partial charge in [-0.15, -0.1) is 0 Å². The summed E-state index contributed by atoms with van der Waals surface area (Å²) in [6.07, 6.45) is -5.89. The molecule has 0 aliphatic heterocycles. The van der Waals surface area contributed by atoms with Gasteiger partial charge in [-0.25, -0.2) is 4.79 Å². The molecular weight excluding hydrogens is 453 g/mol. The SMILES string of the molecule is O=C(O)CC1(NC(=O)C(NC(=O)OCC2c3ccccc3-c3ccccc32)C(F)(F)F)CCC1. The highest BCUT2D eigenvalue weighted by molar-refractivity contribution is 5.87. The average molecular weight is 476 g/mol. The Morgan fingerprint density at radius 3 is 2.06 bits per heavy atom. The van der Waals surface area contributed by atoms with Gasteiger partial charge < -0.3 is 20.5 Å². The second-order valence-electron chi connectivity index (χ2n) is 8.64. The minimum Gasteiger partial charge on any atom is -0.481 e. The lowest BCUT2D eigenvalue weighted by atomic mass is 9.74. The number of alkyl carbamates (subject to hydrolysis) is 1. The number of benzene rings is 2. The Balaban J connectivity index is 1.43. The van der Waals surface area contributed by atoms with Gasteiger partial charge >= 0.3 is 18.2 Å². The first kappa shape index (κ1) is 23.6. The number of carboxylic acid groups (broad SMARTS) is 1. The van der Waals surface area contributed by atoms with E-state index in [0.717, 1.165) is 22.3 Å². The summed E-state index contributed by atoms with van der Waals surface area (Å²) >= 11 is 0. The van der Waals surface area contributed by atoms with Gasteiger partial charge in [0.1, 0.15) is 6.61 Å². The molecule has 2 aliphatic rings. The number of aliphatic carboxylic acids is 1. The fourth-order valence-corrected chi connectivity index (χ4v) is 4.63. The second-order valence-corrected chi connectivity index (χ2v) is 8.64. The summed E-state index contributed by atoms with van der Waals surface area (Å²) < 4.78 is 45.9. The van der Waals surface area contributed by atoms with Crippen LogP contribution in [0.2, 0.25) is 0 Å². The lowest BCUT2D eigenvalue weighted by molar-refractivity contribution is -0.169. The van der Waals surface area contributed by atoms with E-state index in [-0.39, 0.29) is 25.4 Å². The molecule has 1 fully saturated rings. The van der Waals surface area contributed by atoms with E-state index in [1.807, 2.05) is 48.5 Å². The van der Waals surface area contributed by atoms with Crippen LogP contribution in [0.25, 0.3) is 11.1 Å². The van der Waals surface area contributed by atoms with E-state index in [0.29, 0.717) is 6.42 Å². The van der Waals surface area contributed by atoms with Gasteiger partial charge in [-0.1, -0.05) is 48.5 Å². The van der Waals surface area contributed by atoms with E-state index < -0.39 is 42.1 Å². The standard InChI is InChI=1S/C24H23F3N2O5/c25-24(26,27)20(21(32)29-23(10-5-11-23)12-19(30)31)28-22(33)34-13-18-16-8-3-1-6-14(16)15-7-2-4-9-17(15)18/h1-4,6-9,18,20H,5,10-13H2,(H,28,33)(H,29,32)(H,30,31). The van der Waals surface area contributed by atoms with Crippen LogP contribution in [0.3, 0.4) is 0 Å². The van der Waals surface area contributed by atoms with Gasteiger partial charge in [0, 0.05) is 5.92 Å². The summed E-state index contributed by atoms with van der Waals surface area (Å²) in [5.41, 5.74) is 2.46. The van der Waals surface area contributed by atoms with Crippen LogP contribution in [0, 0.1) is 0 Å². The summed E-state index contributed by atoms with van der Waals surface area (Å²) in [7, 11) is 0. The van der Waals surface area contributed by atoms with Gasteiger partial charge in [0.25, 0.3) is 5.91 Å². The van der Waals surface area contributed by atoms with Gasteiger partial charge in [-0.05, 0) is 41.5 Å². The zero-order chi connectivity index (χ0) is 24.5. The summed E-state index contributed by atoms with van der Waals surface area (Å²) in [5, 5.41) is 12.8. The molecule has 2 aliphatic carbocycles. The quantitative estimate of drug-likeness (QED) is 0.561. The van der Waals surface area contributed by atoms with E-state index in [9.17, 15) is 27.6 Å². The monoisotopic (exact) mass is 476 g/mol. The number of ether oxygens (including phenoxy) is 1. The minimum atomic E-state index is -5.09. The molecule has 180 valence electrons. The maximum atomic E-state index is 13.6. The van der Waals surface area contributed by atoms with Gasteiger partial charge in [0.15, 0.2) is 0 Å². The first-order valence-corrected chi connectivity index (χ1v) is 10.8. The molecule has 0 heterocycles. The first-order valence-electron chi connectivity index (χ1n) is 10.8. The smallest absolute Gasteiger partial charge is 0.417 e. The third-order valence-corrected chi connectivity index (χ3v) is 6.38. The molecule has 34 heavy (non-hydrogen) atoms. The molecule has 2 aromatic rings. The molecule has 1 atom stereocenters. The molecule has 1 saturated carbocycles. The molecule has 2 amide bonds. The van der Waals surface area contributed by atoms with Crippen LogP contribution in [-0.2, 0) is 14.3 Å². The van der Waals surface area contributed by atoms with Crippen molar-refractivity contribution in [2.75, 3.05) is 6.61 Å². The molecule has 0 saturated heterocycles. The Morgan fingerprint density at radius 1 is 1.03 bits per heavy atom. The van der Waals surface area contributed by atoms with Crippen molar-refractivity contribution in [1.29, 1.82) is 0 Å². The number of halogens is 3. The topological polar surface area (TPSA) is 105 Å². The highest BCUT2D eigenvalue weighted by atomic mass is 19.4. The van der Waals surface area contributed by atoms with Crippen molar-refractivity contribution >= 4 is 18.0 Å². The van der Waals surface area contributed by atoms with Crippen molar-refractivity contribution in [2.45, 2.75) is 49.4 Å². The van der Waals surface area contributed by atoms with E-state index in [4.69, 9.17) is 9.84 Å². The number of fused-ring (bicyclic) bond motifs is 3. The Hall–Kier alpha value is -3.56. The maximum Gasteiger partial charge on any atom is 0.417 e. The number of carboxylic acids is 1. The molecule has 0 bridgehead atoms. The average Bonchev–Trinajstić information content (AvgIpc) is 3.07. The fourth-order valence-electron chi connectivity index (χ4n) is 4.63. The van der Waals surface area contributed by atoms with Crippen LogP contribution in [-0.4, -0.2) is 47.4 Å². The lowest BCUT2D eigenvalue weighted by Crippen LogP contribution is -2.62. The fraction of sp³-hybridized carbons (Fsp3) is 0.375. The van der Waals surface area contributed by atoms with Crippen molar-refractivity contribution in [3.8, 4) is 11.1 Å². The third kappa shape index (κ3) is 4.71. The van der Waals surface area contributed by atoms with E-state index in [1.165, 1.54) is 0 Å². The summed E-state index contributed by atoms with van der Waals surface area (Å²) in [6.45, 7) is -0.213. The van der Waals surface area contributed by atoms with Crippen LogP contribution in [0.1, 0.15) is 42.7 Å². The van der Waals surface area contributed by atoms with Crippen LogP contribution < -0.4 is 10.6 Å². The highest BCUT2D eigenvalue weighted by Crippen LogP contribution is 2.44. The number of hydrogen-bond acceptors (Lipinski definition) is 4. The minimum absolute atomic E-state index is 0.213. The lowest BCUT2D eigenvalue weighted by Gasteiger charge is -2.42. The first-order chi connectivity index (χ1) is 16.1. The van der Waals surface area contributed by atoms with Crippen LogP contribution in [0.4, 0.5) is 18.0 Å². The number of carbonyl (C=O) groups excluding carboxylic acids is 2. The molecule has 0 radical (unpaired) electrons. The molecule has 1 unspecified atom stereocenters. The van der Waals surface area contributed by atoms with Crippen molar-refractivity contribution in [2.24, 2.45) is 0 Å². The largest absolute Gasteiger partial charge is 0.481 e. The molecule has 7 nitrogen and oxygen atoms in total. The Kier molecular flexibility index (Phi) is 6.24. The van der Waals surface area contributed by atoms with Gasteiger partial charge in [0.2, 0.25) is 6.04 Å². The third-order valence-electron chi connectivity index (χ3n) is 6.38. The normalized spacial score (nSPS) is 17.0. The van der Waals surface area contributed by atoms with Gasteiger partial charge in [-0.2, -0.15) is 13.2 Å². The van der Waals surface area contributed by atoms with E-state index in [1.54, 1.807) is 5.32 Å². The number of nitrogens with one attached hydrogen (secondary N) is 2. The molecule has 4 rings (SSSR count). The summed E-state index contributed by atoms with van der Waals surface area (Å²) in [5.74, 6) is -3.10. The van der Waals surface area contributed by atoms with Crippen LogP contribution >= 0.6 is 0 Å². The van der Waals surface area contributed by atoms with Crippen molar-refractivity contribution in [1.82, 2.24) is 10.6 Å². The molecule has 0 aromatic heterocycles. The number of hydrogen-bond donors (Lipinski definition) is 3. The second kappa shape index (κ2) is 9.00. The number of carbonyl (C=O) groups is 3. The van der Waals surface area contributed by atoms with Crippen molar-refractivity contribution in [3.63, 3.8) is 0 Å². The van der Waals surface area contributed by atoms with Crippen LogP contribution in [0.5, 0.6) is 0 Å². The van der Waals surface area contributed by atoms with E-state index >= 15 is 0 Å². The Morgan fingerprint density at radius 2 is 1.59 bits per heavy atom. The maximum absolute atomic E-state index is 13.6. The molecule has 10 heteroatoms. The Labute approximate surface area is 193 Å². The predicted octanol–water partition coefficient (Wildman–Crippen LogP) is 3.97. The number of alkyl halides is 3. The summed E-state index contributed by atoms with van der Waals surface area (Å²) in [4.78, 5) is 35.8. The molecule has 3 N–H and O–H groups in total. The zero-order valence-electron chi connectivity index (χ0n) is 18.0. The van der Waals surface area contributed by atoms with Gasteiger partial charge in [-0.3, -0.25) is 9.59 Å². The zero-order valence-corrected chi connectivity index (χ0v) is 18.0. The Bertz CT molecular complexity index is 1070. The van der Waals surface area contributed by atoms with Crippen molar-refractivity contribution < 1.29 is 37.4 Å². The number of rotatable bonds is 7. The van der Waals surface area contributed by atoms with Crippen LogP contribution in [0.15, 0.2) is 48.5 Å². The molecular formula is C24H23F3N2O5. The van der Waals surface area contributed by atoms with E-state index in [2.05, 4.69) is 5.32 Å². The van der Waals surface area contributed by atoms with Gasteiger partial charge in [0.05, 0.1) is 12.0 Å². The molecule has 0 spiro atoms. The number of amides is 2. The van der Waals surface area contributed by atoms with Crippen molar-refractivity contribution in [3.05, 3.63) is 59.7 Å². The summed E-state index contributed by atoms with van der Waals surface area (Å²) in [6, 6.07) is 12.1. The highest BCUT2D eigenvalue weighted by Gasteiger charge is 2.50. The predicted molar refractivity (Wildman–Crippen MR) is 115 cm³/mol.